The summed E-state index contributed by atoms with van der Waals surface area (Å²) in [4.78, 5) is 5.25. The highest BCUT2D eigenvalue weighted by Gasteiger charge is 2.17. The van der Waals surface area contributed by atoms with Gasteiger partial charge < -0.3 is 9.64 Å². The SMILES string of the molecule is CC(C)N1CCN(CCCCCCCCCO[C@@H](C)I)CC1. The summed E-state index contributed by atoms with van der Waals surface area (Å²) in [6.07, 6.45) is 9.55. The zero-order valence-corrected chi connectivity index (χ0v) is 17.2. The van der Waals surface area contributed by atoms with Gasteiger partial charge in [-0.25, -0.2) is 0 Å². The maximum atomic E-state index is 5.55. The molecular weight excluding hydrogens is 387 g/mol. The first-order valence-electron chi connectivity index (χ1n) is 9.31. The number of ether oxygens (including phenoxy) is 1. The Morgan fingerprint density at radius 2 is 1.36 bits per heavy atom. The fourth-order valence-electron chi connectivity index (χ4n) is 3.07. The van der Waals surface area contributed by atoms with Gasteiger partial charge in [-0.05, 0) is 40.2 Å². The number of rotatable bonds is 12. The van der Waals surface area contributed by atoms with Gasteiger partial charge in [0.05, 0.1) is 0 Å². The summed E-state index contributed by atoms with van der Waals surface area (Å²) in [6, 6.07) is 0.715. The van der Waals surface area contributed by atoms with Crippen LogP contribution in [0.4, 0.5) is 0 Å². The van der Waals surface area contributed by atoms with E-state index in [0.29, 0.717) is 10.2 Å². The second-order valence-corrected chi connectivity index (χ2v) is 8.61. The van der Waals surface area contributed by atoms with Gasteiger partial charge in [-0.3, -0.25) is 4.90 Å². The molecule has 0 bridgehead atoms. The van der Waals surface area contributed by atoms with Crippen molar-refractivity contribution in [2.75, 3.05) is 39.3 Å². The maximum Gasteiger partial charge on any atom is 0.106 e. The van der Waals surface area contributed by atoms with E-state index in [1.807, 2.05) is 0 Å². The van der Waals surface area contributed by atoms with Crippen molar-refractivity contribution in [3.8, 4) is 0 Å². The summed E-state index contributed by atoms with van der Waals surface area (Å²) in [5, 5.41) is 0. The van der Waals surface area contributed by atoms with E-state index in [2.05, 4.69) is 53.2 Å². The Hall–Kier alpha value is 0.610. The molecule has 0 aromatic rings. The van der Waals surface area contributed by atoms with Crippen molar-refractivity contribution in [1.29, 1.82) is 0 Å². The molecule has 0 aliphatic carbocycles. The number of piperazine rings is 1. The van der Waals surface area contributed by atoms with Crippen LogP contribution < -0.4 is 0 Å². The van der Waals surface area contributed by atoms with Crippen molar-refractivity contribution in [2.45, 2.75) is 75.9 Å². The predicted octanol–water partition coefficient (Wildman–Crippen LogP) is 4.54. The molecule has 1 rings (SSSR count). The lowest BCUT2D eigenvalue weighted by atomic mass is 10.1. The predicted molar refractivity (Wildman–Crippen MR) is 105 cm³/mol. The summed E-state index contributed by atoms with van der Waals surface area (Å²) in [6.45, 7) is 14.0. The maximum absolute atomic E-state index is 5.55. The lowest BCUT2D eigenvalue weighted by Gasteiger charge is -2.36. The third-order valence-corrected chi connectivity index (χ3v) is 4.96. The largest absolute Gasteiger partial charge is 0.368 e. The highest BCUT2D eigenvalue weighted by molar-refractivity contribution is 14.1. The number of hydrogen-bond acceptors (Lipinski definition) is 3. The van der Waals surface area contributed by atoms with E-state index in [0.717, 1.165) is 6.61 Å². The van der Waals surface area contributed by atoms with Crippen molar-refractivity contribution >= 4 is 22.6 Å². The molecule has 1 aliphatic rings. The monoisotopic (exact) mass is 424 g/mol. The molecule has 1 aliphatic heterocycles. The fourth-order valence-corrected chi connectivity index (χ4v) is 3.32. The number of alkyl halides is 1. The minimum atomic E-state index is 0.361. The number of nitrogens with zero attached hydrogens (tertiary/aromatic N) is 2. The van der Waals surface area contributed by atoms with Gasteiger partial charge in [-0.1, -0.05) is 54.7 Å². The Labute approximate surface area is 152 Å². The highest BCUT2D eigenvalue weighted by Crippen LogP contribution is 2.11. The molecule has 1 saturated heterocycles. The Morgan fingerprint density at radius 1 is 0.818 bits per heavy atom. The summed E-state index contributed by atoms with van der Waals surface area (Å²) in [5.41, 5.74) is 0. The van der Waals surface area contributed by atoms with Crippen LogP contribution in [0.25, 0.3) is 0 Å². The van der Waals surface area contributed by atoms with E-state index < -0.39 is 0 Å². The first kappa shape index (κ1) is 20.7. The summed E-state index contributed by atoms with van der Waals surface area (Å²) in [7, 11) is 0. The van der Waals surface area contributed by atoms with E-state index in [1.54, 1.807) is 0 Å². The molecule has 0 amide bonds. The van der Waals surface area contributed by atoms with E-state index >= 15 is 0 Å². The third kappa shape index (κ3) is 10.4. The zero-order chi connectivity index (χ0) is 16.2. The summed E-state index contributed by atoms with van der Waals surface area (Å²) in [5.74, 6) is 0. The number of hydrogen-bond donors (Lipinski definition) is 0. The molecule has 4 heteroatoms. The molecule has 3 nitrogen and oxygen atoms in total. The van der Waals surface area contributed by atoms with Gasteiger partial charge in [-0.15, -0.1) is 0 Å². The van der Waals surface area contributed by atoms with E-state index in [-0.39, 0.29) is 0 Å². The lowest BCUT2D eigenvalue weighted by Crippen LogP contribution is -2.48. The highest BCUT2D eigenvalue weighted by atomic mass is 127. The zero-order valence-electron chi connectivity index (χ0n) is 15.0. The van der Waals surface area contributed by atoms with Crippen LogP contribution >= 0.6 is 22.6 Å². The van der Waals surface area contributed by atoms with Crippen molar-refractivity contribution in [3.63, 3.8) is 0 Å². The van der Waals surface area contributed by atoms with Crippen LogP contribution in [-0.2, 0) is 4.74 Å². The van der Waals surface area contributed by atoms with Crippen LogP contribution in [0.3, 0.4) is 0 Å². The van der Waals surface area contributed by atoms with Crippen molar-refractivity contribution < 1.29 is 4.74 Å². The molecule has 0 aromatic heterocycles. The molecule has 22 heavy (non-hydrogen) atoms. The second-order valence-electron chi connectivity index (χ2n) is 6.86. The van der Waals surface area contributed by atoms with Gasteiger partial charge in [0, 0.05) is 38.8 Å². The molecule has 0 N–H and O–H groups in total. The standard InChI is InChI=1S/C18H37IN2O/c1-17(2)21-14-12-20(13-15-21)11-9-7-5-4-6-8-10-16-22-18(3)19/h17-18H,4-16H2,1-3H3/t18-/m0/s1. The van der Waals surface area contributed by atoms with E-state index in [4.69, 9.17) is 4.74 Å². The Balaban J connectivity index is 1.82. The van der Waals surface area contributed by atoms with Gasteiger partial charge >= 0.3 is 0 Å². The molecule has 1 fully saturated rings. The molecule has 0 spiro atoms. The van der Waals surface area contributed by atoms with Crippen molar-refractivity contribution in [3.05, 3.63) is 0 Å². The molecule has 0 radical (unpaired) electrons. The van der Waals surface area contributed by atoms with Crippen molar-refractivity contribution in [2.24, 2.45) is 0 Å². The molecule has 1 heterocycles. The third-order valence-electron chi connectivity index (χ3n) is 4.60. The average Bonchev–Trinajstić information content (AvgIpc) is 2.49. The normalized spacial score (nSPS) is 19.0. The van der Waals surface area contributed by atoms with Gasteiger partial charge in [-0.2, -0.15) is 0 Å². The fraction of sp³-hybridized carbons (Fsp3) is 1.00. The Morgan fingerprint density at radius 3 is 1.91 bits per heavy atom. The van der Waals surface area contributed by atoms with Crippen LogP contribution in [-0.4, -0.2) is 59.3 Å². The van der Waals surface area contributed by atoms with Gasteiger partial charge in [0.2, 0.25) is 0 Å². The second kappa shape index (κ2) is 13.0. The van der Waals surface area contributed by atoms with Gasteiger partial charge in [0.1, 0.15) is 4.11 Å². The van der Waals surface area contributed by atoms with Gasteiger partial charge in [0.15, 0.2) is 0 Å². The lowest BCUT2D eigenvalue weighted by molar-refractivity contribution is 0.107. The average molecular weight is 424 g/mol. The minimum absolute atomic E-state index is 0.361. The molecule has 1 atom stereocenters. The first-order chi connectivity index (χ1) is 10.6. The van der Waals surface area contributed by atoms with Crippen molar-refractivity contribution in [1.82, 2.24) is 9.80 Å². The van der Waals surface area contributed by atoms with Crippen LogP contribution in [0.15, 0.2) is 0 Å². The minimum Gasteiger partial charge on any atom is -0.368 e. The summed E-state index contributed by atoms with van der Waals surface area (Å²) < 4.78 is 5.92. The quantitative estimate of drug-likeness (QED) is 0.260. The molecule has 0 unspecified atom stereocenters. The number of halogens is 1. The van der Waals surface area contributed by atoms with Crippen LogP contribution in [0, 0.1) is 0 Å². The van der Waals surface area contributed by atoms with Crippen LogP contribution in [0.1, 0.15) is 65.7 Å². The number of unbranched alkanes of at least 4 members (excludes halogenated alkanes) is 6. The smallest absolute Gasteiger partial charge is 0.106 e. The first-order valence-corrected chi connectivity index (χ1v) is 10.6. The topological polar surface area (TPSA) is 15.7 Å². The van der Waals surface area contributed by atoms with Gasteiger partial charge in [0.25, 0.3) is 0 Å². The molecule has 0 aromatic carbocycles. The van der Waals surface area contributed by atoms with Crippen LogP contribution in [0.5, 0.6) is 0 Å². The van der Waals surface area contributed by atoms with E-state index in [9.17, 15) is 0 Å². The van der Waals surface area contributed by atoms with E-state index in [1.165, 1.54) is 77.7 Å². The molecule has 132 valence electrons. The Kier molecular flexibility index (Phi) is 12.2. The Bertz CT molecular complexity index is 253. The van der Waals surface area contributed by atoms with Crippen LogP contribution in [0.2, 0.25) is 0 Å². The summed E-state index contributed by atoms with van der Waals surface area (Å²) >= 11 is 2.32. The molecular formula is C18H37IN2O. The molecule has 0 saturated carbocycles.